The molecule has 0 saturated carbocycles. The Kier molecular flexibility index (Phi) is 46.3. The molecule has 0 heterocycles. The number of carbonyl (C=O) groups is 2. The lowest BCUT2D eigenvalue weighted by Gasteiger charge is -2.24. The Morgan fingerprint density at radius 1 is 0.484 bits per heavy atom. The number of aliphatic hydroxyl groups is 2. The number of hydrogen-bond donors (Lipinski definition) is 3. The molecule has 0 fully saturated rings. The third kappa shape index (κ3) is 43.4. The van der Waals surface area contributed by atoms with Crippen molar-refractivity contribution in [1.82, 2.24) is 5.32 Å². The van der Waals surface area contributed by atoms with Crippen molar-refractivity contribution in [2.45, 2.75) is 238 Å². The number of carbonyl (C=O) groups excluding carboxylic acids is 2. The first-order chi connectivity index (χ1) is 30.5. The Bertz CT molecular complexity index is 1240. The van der Waals surface area contributed by atoms with E-state index in [0.717, 1.165) is 96.3 Å². The molecule has 6 heteroatoms. The minimum absolute atomic E-state index is 0.0362. The van der Waals surface area contributed by atoms with Crippen molar-refractivity contribution in [2.75, 3.05) is 6.61 Å². The van der Waals surface area contributed by atoms with Crippen LogP contribution in [0.5, 0.6) is 0 Å². The molecule has 0 aliphatic heterocycles. The van der Waals surface area contributed by atoms with Gasteiger partial charge in [0.15, 0.2) is 0 Å². The second-order valence-electron chi connectivity index (χ2n) is 17.0. The van der Waals surface area contributed by atoms with Crippen LogP contribution in [0.3, 0.4) is 0 Å². The highest BCUT2D eigenvalue weighted by Crippen LogP contribution is 2.17. The van der Waals surface area contributed by atoms with Crippen molar-refractivity contribution in [1.29, 1.82) is 0 Å². The lowest BCUT2D eigenvalue weighted by molar-refractivity contribution is -0.151. The van der Waals surface area contributed by atoms with Crippen molar-refractivity contribution in [3.05, 3.63) is 97.2 Å². The van der Waals surface area contributed by atoms with Crippen LogP contribution < -0.4 is 5.32 Å². The predicted octanol–water partition coefficient (Wildman–Crippen LogP) is 15.3. The fourth-order valence-corrected chi connectivity index (χ4v) is 7.27. The molecule has 0 aromatic rings. The van der Waals surface area contributed by atoms with Crippen LogP contribution in [-0.2, 0) is 14.3 Å². The molecule has 0 spiro atoms. The number of ether oxygens (including phenoxy) is 1. The molecule has 0 aromatic carbocycles. The summed E-state index contributed by atoms with van der Waals surface area (Å²) in [6, 6.07) is -0.725. The molecular formula is C56H95NO5. The standard InChI is InChI=1S/C56H95NO5/c1-4-7-10-13-16-19-22-25-27-30-33-36-39-42-45-48-54(59)53(51-58)57-55(60)50-52(47-44-41-38-35-32-29-24-21-18-15-12-9-6-3)62-56(61)49-46-43-40-37-34-31-28-26-23-20-17-14-11-8-5-2/h8-9,11-12,14-15,17-18,20-21,23-24,26,28-29,32,52-54,58-59H,4-7,10,13,16,19,22,25,27,30-31,33-51H2,1-3H3,(H,57,60)/b11-8+,12-9+,17-14+,18-15+,23-20+,24-21+,28-26-,32-29-. The minimum atomic E-state index is -0.808. The molecule has 0 rings (SSSR count). The first-order valence-corrected chi connectivity index (χ1v) is 25.6. The Labute approximate surface area is 382 Å². The average Bonchev–Trinajstić information content (AvgIpc) is 3.26. The van der Waals surface area contributed by atoms with E-state index in [2.05, 4.69) is 74.7 Å². The van der Waals surface area contributed by atoms with Crippen molar-refractivity contribution in [2.24, 2.45) is 0 Å². The van der Waals surface area contributed by atoms with Crippen LogP contribution in [0.1, 0.15) is 220 Å². The van der Waals surface area contributed by atoms with Crippen LogP contribution in [0.2, 0.25) is 0 Å². The smallest absolute Gasteiger partial charge is 0.306 e. The summed E-state index contributed by atoms with van der Waals surface area (Å²) < 4.78 is 5.90. The molecule has 0 aliphatic rings. The van der Waals surface area contributed by atoms with E-state index in [1.165, 1.54) is 77.0 Å². The lowest BCUT2D eigenvalue weighted by Crippen LogP contribution is -2.46. The second kappa shape index (κ2) is 48.8. The van der Waals surface area contributed by atoms with Crippen LogP contribution in [0.4, 0.5) is 0 Å². The molecule has 0 bridgehead atoms. The fraction of sp³-hybridized carbons (Fsp3) is 0.679. The number of esters is 1. The van der Waals surface area contributed by atoms with E-state index in [4.69, 9.17) is 4.74 Å². The van der Waals surface area contributed by atoms with Gasteiger partial charge in [-0.1, -0.05) is 240 Å². The lowest BCUT2D eigenvalue weighted by atomic mass is 10.0. The Hall–Kier alpha value is -3.22. The van der Waals surface area contributed by atoms with Crippen LogP contribution in [-0.4, -0.2) is 46.9 Å². The van der Waals surface area contributed by atoms with Crippen LogP contribution in [0.25, 0.3) is 0 Å². The molecule has 6 nitrogen and oxygen atoms in total. The van der Waals surface area contributed by atoms with Gasteiger partial charge in [0, 0.05) is 6.42 Å². The Morgan fingerprint density at radius 2 is 0.871 bits per heavy atom. The summed E-state index contributed by atoms with van der Waals surface area (Å²) in [6.07, 6.45) is 64.6. The maximum atomic E-state index is 13.2. The maximum absolute atomic E-state index is 13.2. The Balaban J connectivity index is 4.67. The number of nitrogens with one attached hydrogen (secondary N) is 1. The van der Waals surface area contributed by atoms with Gasteiger partial charge in [-0.15, -0.1) is 0 Å². The van der Waals surface area contributed by atoms with Gasteiger partial charge >= 0.3 is 5.97 Å². The molecule has 62 heavy (non-hydrogen) atoms. The highest BCUT2D eigenvalue weighted by atomic mass is 16.5. The molecular weight excluding hydrogens is 767 g/mol. The van der Waals surface area contributed by atoms with Gasteiger partial charge in [-0.05, 0) is 64.2 Å². The molecule has 0 aromatic heterocycles. The summed E-state index contributed by atoms with van der Waals surface area (Å²) in [5.41, 5.74) is 0. The summed E-state index contributed by atoms with van der Waals surface area (Å²) >= 11 is 0. The van der Waals surface area contributed by atoms with E-state index in [9.17, 15) is 19.8 Å². The molecule has 1 amide bonds. The number of amides is 1. The van der Waals surface area contributed by atoms with Gasteiger partial charge in [0.25, 0.3) is 0 Å². The number of hydrogen-bond acceptors (Lipinski definition) is 5. The first kappa shape index (κ1) is 58.8. The quantitative estimate of drug-likeness (QED) is 0.0322. The number of aliphatic hydroxyl groups excluding tert-OH is 2. The van der Waals surface area contributed by atoms with Gasteiger partial charge in [0.1, 0.15) is 6.10 Å². The third-order valence-electron chi connectivity index (χ3n) is 11.1. The first-order valence-electron chi connectivity index (χ1n) is 25.6. The van der Waals surface area contributed by atoms with Crippen molar-refractivity contribution < 1.29 is 24.5 Å². The zero-order valence-electron chi connectivity index (χ0n) is 40.2. The highest BCUT2D eigenvalue weighted by molar-refractivity contribution is 5.77. The van der Waals surface area contributed by atoms with E-state index < -0.39 is 18.2 Å². The van der Waals surface area contributed by atoms with Gasteiger partial charge in [-0.2, -0.15) is 0 Å². The normalized spacial score (nSPS) is 14.1. The third-order valence-corrected chi connectivity index (χ3v) is 11.1. The SMILES string of the molecule is CC/C=C/C=C/C=C/C=C\CCCCCCCC(=O)OC(CCCCC\C=C/C=C/C=C/C=C/CC)CC(=O)NC(CO)C(O)CCCCCCCCCCCCCCCCC. The largest absolute Gasteiger partial charge is 0.462 e. The van der Waals surface area contributed by atoms with Crippen molar-refractivity contribution in [3.63, 3.8) is 0 Å². The number of rotatable bonds is 44. The number of allylic oxidation sites excluding steroid dienone is 16. The zero-order chi connectivity index (χ0) is 45.2. The molecule has 0 saturated heterocycles. The molecule has 3 N–H and O–H groups in total. The molecule has 354 valence electrons. The fourth-order valence-electron chi connectivity index (χ4n) is 7.27. The van der Waals surface area contributed by atoms with Crippen molar-refractivity contribution in [3.8, 4) is 0 Å². The van der Waals surface area contributed by atoms with Crippen molar-refractivity contribution >= 4 is 11.9 Å². The van der Waals surface area contributed by atoms with E-state index in [1.54, 1.807) is 0 Å². The summed E-state index contributed by atoms with van der Waals surface area (Å²) in [6.45, 7) is 6.19. The maximum Gasteiger partial charge on any atom is 0.306 e. The zero-order valence-corrected chi connectivity index (χ0v) is 40.2. The second-order valence-corrected chi connectivity index (χ2v) is 17.0. The van der Waals surface area contributed by atoms with E-state index >= 15 is 0 Å². The average molecular weight is 862 g/mol. The predicted molar refractivity (Wildman–Crippen MR) is 268 cm³/mol. The van der Waals surface area contributed by atoms with Crippen LogP contribution >= 0.6 is 0 Å². The monoisotopic (exact) mass is 862 g/mol. The summed E-state index contributed by atoms with van der Waals surface area (Å²) in [4.78, 5) is 26.1. The van der Waals surface area contributed by atoms with Gasteiger partial charge in [0.05, 0.1) is 25.2 Å². The Morgan fingerprint density at radius 3 is 1.34 bits per heavy atom. The van der Waals surface area contributed by atoms with E-state index in [-0.39, 0.29) is 24.9 Å². The summed E-state index contributed by atoms with van der Waals surface area (Å²) in [5.74, 6) is -0.547. The van der Waals surface area contributed by atoms with E-state index in [0.29, 0.717) is 19.3 Å². The highest BCUT2D eigenvalue weighted by Gasteiger charge is 2.24. The summed E-state index contributed by atoms with van der Waals surface area (Å²) in [5, 5.41) is 23.8. The summed E-state index contributed by atoms with van der Waals surface area (Å²) in [7, 11) is 0. The molecule has 0 radical (unpaired) electrons. The molecule has 0 aliphatic carbocycles. The van der Waals surface area contributed by atoms with Crippen LogP contribution in [0, 0.1) is 0 Å². The van der Waals surface area contributed by atoms with Gasteiger partial charge in [-0.3, -0.25) is 9.59 Å². The number of unbranched alkanes of at least 4 members (excludes halogenated alkanes) is 22. The van der Waals surface area contributed by atoms with Gasteiger partial charge in [0.2, 0.25) is 5.91 Å². The molecule has 3 unspecified atom stereocenters. The van der Waals surface area contributed by atoms with Gasteiger partial charge in [-0.25, -0.2) is 0 Å². The minimum Gasteiger partial charge on any atom is -0.462 e. The van der Waals surface area contributed by atoms with Gasteiger partial charge < -0.3 is 20.3 Å². The molecule has 3 atom stereocenters. The van der Waals surface area contributed by atoms with Crippen LogP contribution in [0.15, 0.2) is 97.2 Å². The van der Waals surface area contributed by atoms with E-state index in [1.807, 2.05) is 48.6 Å². The topological polar surface area (TPSA) is 95.9 Å².